The quantitative estimate of drug-likeness (QED) is 0.633. The molecule has 4 heteroatoms. The fourth-order valence-electron chi connectivity index (χ4n) is 2.13. The van der Waals surface area contributed by atoms with Crippen molar-refractivity contribution >= 4 is 11.6 Å². The Morgan fingerprint density at radius 2 is 1.86 bits per heavy atom. The number of hydrogen-bond donors (Lipinski definition) is 2. The van der Waals surface area contributed by atoms with E-state index in [-0.39, 0.29) is 0 Å². The summed E-state index contributed by atoms with van der Waals surface area (Å²) in [4.78, 5) is 4.37. The van der Waals surface area contributed by atoms with Gasteiger partial charge in [-0.05, 0) is 48.7 Å². The molecule has 0 radical (unpaired) electrons. The van der Waals surface area contributed by atoms with Crippen LogP contribution in [-0.2, 0) is 13.0 Å². The molecule has 22 heavy (non-hydrogen) atoms. The summed E-state index contributed by atoms with van der Waals surface area (Å²) in [7, 11) is 0. The summed E-state index contributed by atoms with van der Waals surface area (Å²) in [6, 6.07) is 16.1. The summed E-state index contributed by atoms with van der Waals surface area (Å²) in [5.41, 5.74) is 9.24. The smallest absolute Gasteiger partial charge is 0.193 e. The number of rotatable bonds is 6. The Morgan fingerprint density at radius 3 is 2.64 bits per heavy atom. The molecule has 3 N–H and O–H groups in total. The monoisotopic (exact) mass is 297 g/mol. The lowest BCUT2D eigenvalue weighted by Crippen LogP contribution is -2.22. The van der Waals surface area contributed by atoms with Crippen molar-refractivity contribution in [2.45, 2.75) is 26.8 Å². The third kappa shape index (κ3) is 4.81. The van der Waals surface area contributed by atoms with Gasteiger partial charge in [-0.2, -0.15) is 0 Å². The highest BCUT2D eigenvalue weighted by molar-refractivity contribution is 5.92. The number of aryl methyl sites for hydroxylation is 1. The third-order valence-corrected chi connectivity index (χ3v) is 3.25. The zero-order chi connectivity index (χ0) is 15.8. The highest BCUT2D eigenvalue weighted by Crippen LogP contribution is 2.14. The van der Waals surface area contributed by atoms with Crippen molar-refractivity contribution < 1.29 is 4.74 Å². The number of ether oxygens (including phenoxy) is 1. The zero-order valence-corrected chi connectivity index (χ0v) is 13.2. The Morgan fingerprint density at radius 1 is 1.09 bits per heavy atom. The van der Waals surface area contributed by atoms with Gasteiger partial charge in [0.2, 0.25) is 0 Å². The van der Waals surface area contributed by atoms with Crippen LogP contribution in [0.25, 0.3) is 0 Å². The number of aliphatic imine (C=N–C) groups is 1. The van der Waals surface area contributed by atoms with Crippen molar-refractivity contribution in [1.29, 1.82) is 0 Å². The molecule has 0 atom stereocenters. The second-order valence-electron chi connectivity index (χ2n) is 4.96. The summed E-state index contributed by atoms with van der Waals surface area (Å²) < 4.78 is 5.48. The molecule has 2 rings (SSSR count). The van der Waals surface area contributed by atoms with E-state index < -0.39 is 0 Å². The van der Waals surface area contributed by atoms with Gasteiger partial charge in [-0.15, -0.1) is 0 Å². The molecule has 0 aromatic heterocycles. The average molecular weight is 297 g/mol. The number of nitrogens with zero attached hydrogens (tertiary/aromatic N) is 1. The number of hydrogen-bond acceptors (Lipinski definition) is 2. The molecule has 116 valence electrons. The van der Waals surface area contributed by atoms with E-state index in [1.54, 1.807) is 0 Å². The summed E-state index contributed by atoms with van der Waals surface area (Å²) in [5, 5.41) is 3.12. The van der Waals surface area contributed by atoms with E-state index in [0.717, 1.165) is 23.4 Å². The predicted octanol–water partition coefficient (Wildman–Crippen LogP) is 3.57. The maximum Gasteiger partial charge on any atom is 0.193 e. The minimum absolute atomic E-state index is 0.412. The number of guanidine groups is 1. The van der Waals surface area contributed by atoms with Crippen LogP contribution in [0.4, 0.5) is 5.69 Å². The number of nitrogens with two attached hydrogens (primary N) is 1. The zero-order valence-electron chi connectivity index (χ0n) is 13.2. The van der Waals surface area contributed by atoms with Gasteiger partial charge in [0, 0.05) is 5.69 Å². The maximum atomic E-state index is 5.95. The lowest BCUT2D eigenvalue weighted by molar-refractivity contribution is 0.340. The van der Waals surface area contributed by atoms with E-state index in [4.69, 9.17) is 10.5 Å². The molecule has 4 nitrogen and oxygen atoms in total. The van der Waals surface area contributed by atoms with Crippen LogP contribution in [0.5, 0.6) is 5.75 Å². The lowest BCUT2D eigenvalue weighted by Gasteiger charge is -2.08. The summed E-state index contributed by atoms with van der Waals surface area (Å²) in [6.45, 7) is 5.27. The Bertz CT molecular complexity index is 638. The first-order chi connectivity index (χ1) is 10.7. The fraction of sp³-hybridized carbons (Fsp3) is 0.278. The van der Waals surface area contributed by atoms with Gasteiger partial charge in [0.25, 0.3) is 0 Å². The van der Waals surface area contributed by atoms with Crippen molar-refractivity contribution in [3.63, 3.8) is 0 Å². The molecule has 2 aromatic carbocycles. The molecule has 0 spiro atoms. The van der Waals surface area contributed by atoms with Crippen LogP contribution < -0.4 is 15.8 Å². The van der Waals surface area contributed by atoms with Crippen molar-refractivity contribution in [3.05, 3.63) is 59.7 Å². The molecule has 0 amide bonds. The number of nitrogens with one attached hydrogen (secondary N) is 1. The van der Waals surface area contributed by atoms with Gasteiger partial charge in [-0.3, -0.25) is 0 Å². The third-order valence-electron chi connectivity index (χ3n) is 3.25. The highest BCUT2D eigenvalue weighted by atomic mass is 16.5. The Hall–Kier alpha value is -2.49. The van der Waals surface area contributed by atoms with Gasteiger partial charge < -0.3 is 15.8 Å². The summed E-state index contributed by atoms with van der Waals surface area (Å²) >= 11 is 0. The van der Waals surface area contributed by atoms with Crippen LogP contribution in [0.3, 0.4) is 0 Å². The van der Waals surface area contributed by atoms with Crippen LogP contribution in [0, 0.1) is 0 Å². The van der Waals surface area contributed by atoms with Crippen LogP contribution in [0.1, 0.15) is 25.0 Å². The molecule has 2 aromatic rings. The minimum Gasteiger partial charge on any atom is -0.494 e. The number of anilines is 1. The minimum atomic E-state index is 0.412. The second-order valence-corrected chi connectivity index (χ2v) is 4.96. The molecule has 0 saturated carbocycles. The molecule has 0 bridgehead atoms. The molecule has 0 heterocycles. The molecular formula is C18H23N3O. The van der Waals surface area contributed by atoms with E-state index >= 15 is 0 Å². The van der Waals surface area contributed by atoms with Crippen molar-refractivity contribution in [3.8, 4) is 5.75 Å². The van der Waals surface area contributed by atoms with Crippen molar-refractivity contribution in [1.82, 2.24) is 0 Å². The van der Waals surface area contributed by atoms with Crippen LogP contribution in [0.15, 0.2) is 53.5 Å². The van der Waals surface area contributed by atoms with E-state index in [2.05, 4.69) is 29.4 Å². The van der Waals surface area contributed by atoms with Gasteiger partial charge in [0.15, 0.2) is 5.96 Å². The highest BCUT2D eigenvalue weighted by Gasteiger charge is 1.99. The van der Waals surface area contributed by atoms with Gasteiger partial charge in [-0.25, -0.2) is 4.99 Å². The second kappa shape index (κ2) is 8.08. The first-order valence-corrected chi connectivity index (χ1v) is 7.59. The topological polar surface area (TPSA) is 59.6 Å². The van der Waals surface area contributed by atoms with Crippen molar-refractivity contribution in [2.75, 3.05) is 11.9 Å². The number of benzene rings is 2. The van der Waals surface area contributed by atoms with Crippen LogP contribution in [0.2, 0.25) is 0 Å². The van der Waals surface area contributed by atoms with Crippen molar-refractivity contribution in [2.24, 2.45) is 10.7 Å². The average Bonchev–Trinajstić information content (AvgIpc) is 2.54. The molecule has 0 fully saturated rings. The van der Waals surface area contributed by atoms with Gasteiger partial charge in [-0.1, -0.05) is 31.2 Å². The van der Waals surface area contributed by atoms with E-state index in [1.807, 2.05) is 43.3 Å². The summed E-state index contributed by atoms with van der Waals surface area (Å²) in [5.74, 6) is 1.27. The molecular weight excluding hydrogens is 274 g/mol. The SMILES string of the molecule is CCOc1cccc(CN=C(N)Nc2cccc(CC)c2)c1. The first kappa shape index (κ1) is 15.9. The Balaban J connectivity index is 1.98. The first-order valence-electron chi connectivity index (χ1n) is 7.59. The summed E-state index contributed by atoms with van der Waals surface area (Å²) in [6.07, 6.45) is 0.997. The lowest BCUT2D eigenvalue weighted by atomic mass is 10.1. The van der Waals surface area contributed by atoms with E-state index in [1.165, 1.54) is 5.56 Å². The van der Waals surface area contributed by atoms with Gasteiger partial charge >= 0.3 is 0 Å². The van der Waals surface area contributed by atoms with Crippen LogP contribution in [-0.4, -0.2) is 12.6 Å². The normalized spacial score (nSPS) is 11.3. The fourth-order valence-corrected chi connectivity index (χ4v) is 2.13. The Kier molecular flexibility index (Phi) is 5.83. The predicted molar refractivity (Wildman–Crippen MR) is 92.4 cm³/mol. The van der Waals surface area contributed by atoms with Crippen LogP contribution >= 0.6 is 0 Å². The standard InChI is InChI=1S/C18H23N3O/c1-3-14-7-5-9-16(11-14)21-18(19)20-13-15-8-6-10-17(12-15)22-4-2/h5-12H,3-4,13H2,1-2H3,(H3,19,20,21). The molecule has 0 aliphatic rings. The van der Waals surface area contributed by atoms with E-state index in [9.17, 15) is 0 Å². The Labute approximate surface area is 132 Å². The molecule has 0 aliphatic heterocycles. The van der Waals surface area contributed by atoms with E-state index in [0.29, 0.717) is 19.1 Å². The molecule has 0 unspecified atom stereocenters. The van der Waals surface area contributed by atoms with Gasteiger partial charge in [0.05, 0.1) is 13.2 Å². The molecule has 0 aliphatic carbocycles. The maximum absolute atomic E-state index is 5.95. The molecule has 0 saturated heterocycles. The largest absolute Gasteiger partial charge is 0.494 e. The van der Waals surface area contributed by atoms with Gasteiger partial charge in [0.1, 0.15) is 5.75 Å².